The second-order valence-electron chi connectivity index (χ2n) is 6.34. The summed E-state index contributed by atoms with van der Waals surface area (Å²) in [7, 11) is -3.79. The van der Waals surface area contributed by atoms with Crippen molar-refractivity contribution in [2.45, 2.75) is 45.4 Å². The number of anilines is 1. The number of aryl methyl sites for hydroxylation is 2. The lowest BCUT2D eigenvalue weighted by Gasteiger charge is -2.19. The van der Waals surface area contributed by atoms with Crippen LogP contribution in [-0.2, 0) is 22.9 Å². The molecule has 0 aliphatic carbocycles. The molecule has 0 spiro atoms. The largest absolute Gasteiger partial charge is 0.321 e. The SMILES string of the molecule is CCc1cccc(CC)c1NC(=O)c1cc(S(=O)(=O)N(CC)CC)ccc1F. The molecular formula is C21H27FN2O3S. The summed E-state index contributed by atoms with van der Waals surface area (Å²) >= 11 is 0. The van der Waals surface area contributed by atoms with E-state index in [1.807, 2.05) is 32.0 Å². The summed E-state index contributed by atoms with van der Waals surface area (Å²) in [6, 6.07) is 9.07. The number of carbonyl (C=O) groups is 1. The Morgan fingerprint density at radius 1 is 1.00 bits per heavy atom. The molecule has 0 bridgehead atoms. The number of hydrogen-bond acceptors (Lipinski definition) is 3. The molecule has 0 saturated carbocycles. The molecule has 5 nitrogen and oxygen atoms in total. The summed E-state index contributed by atoms with van der Waals surface area (Å²) in [5.41, 5.74) is 2.26. The molecule has 1 N–H and O–H groups in total. The van der Waals surface area contributed by atoms with E-state index >= 15 is 0 Å². The first-order chi connectivity index (χ1) is 13.3. The molecule has 28 heavy (non-hydrogen) atoms. The first-order valence-corrected chi connectivity index (χ1v) is 11.0. The van der Waals surface area contributed by atoms with Gasteiger partial charge in [0.05, 0.1) is 10.5 Å². The second kappa shape index (κ2) is 9.30. The summed E-state index contributed by atoms with van der Waals surface area (Å²) < 4.78 is 41.1. The van der Waals surface area contributed by atoms with Gasteiger partial charge in [-0.25, -0.2) is 12.8 Å². The van der Waals surface area contributed by atoms with Crippen LogP contribution in [0.2, 0.25) is 0 Å². The third-order valence-electron chi connectivity index (χ3n) is 4.76. The lowest BCUT2D eigenvalue weighted by Crippen LogP contribution is -2.31. The maximum Gasteiger partial charge on any atom is 0.258 e. The monoisotopic (exact) mass is 406 g/mol. The minimum Gasteiger partial charge on any atom is -0.321 e. The lowest BCUT2D eigenvalue weighted by molar-refractivity contribution is 0.102. The van der Waals surface area contributed by atoms with E-state index in [1.54, 1.807) is 13.8 Å². The summed E-state index contributed by atoms with van der Waals surface area (Å²) in [6.07, 6.45) is 1.42. The molecule has 152 valence electrons. The van der Waals surface area contributed by atoms with Crippen molar-refractivity contribution in [2.24, 2.45) is 0 Å². The number of halogens is 1. The van der Waals surface area contributed by atoms with E-state index in [-0.39, 0.29) is 10.5 Å². The number of benzene rings is 2. The number of para-hydroxylation sites is 1. The van der Waals surface area contributed by atoms with Gasteiger partial charge in [-0.3, -0.25) is 4.79 Å². The van der Waals surface area contributed by atoms with E-state index in [1.165, 1.54) is 10.4 Å². The standard InChI is InChI=1S/C21H27FN2O3S/c1-5-15-10-9-11-16(6-2)20(15)23-21(25)18-14-17(12-13-19(18)22)28(26,27)24(7-3)8-4/h9-14H,5-8H2,1-4H3,(H,23,25). The summed E-state index contributed by atoms with van der Waals surface area (Å²) in [4.78, 5) is 12.7. The van der Waals surface area contributed by atoms with Crippen LogP contribution in [0.5, 0.6) is 0 Å². The van der Waals surface area contributed by atoms with E-state index in [0.29, 0.717) is 31.6 Å². The van der Waals surface area contributed by atoms with Gasteiger partial charge in [-0.2, -0.15) is 4.31 Å². The molecule has 0 aliphatic heterocycles. The fourth-order valence-corrected chi connectivity index (χ4v) is 4.62. The zero-order valence-electron chi connectivity index (χ0n) is 16.8. The Morgan fingerprint density at radius 3 is 2.07 bits per heavy atom. The van der Waals surface area contributed by atoms with Crippen LogP contribution in [0.15, 0.2) is 41.3 Å². The quantitative estimate of drug-likeness (QED) is 0.713. The highest BCUT2D eigenvalue weighted by Crippen LogP contribution is 2.25. The summed E-state index contributed by atoms with van der Waals surface area (Å²) in [5.74, 6) is -1.42. The number of rotatable bonds is 8. The first-order valence-electron chi connectivity index (χ1n) is 9.51. The van der Waals surface area contributed by atoms with Crippen LogP contribution in [0.25, 0.3) is 0 Å². The molecule has 2 aromatic rings. The molecule has 2 aromatic carbocycles. The van der Waals surface area contributed by atoms with Gasteiger partial charge in [-0.05, 0) is 42.2 Å². The Kier molecular flexibility index (Phi) is 7.32. The molecule has 0 aromatic heterocycles. The summed E-state index contributed by atoms with van der Waals surface area (Å²) in [5, 5.41) is 2.79. The van der Waals surface area contributed by atoms with Crippen molar-refractivity contribution < 1.29 is 17.6 Å². The van der Waals surface area contributed by atoms with Crippen molar-refractivity contribution in [3.8, 4) is 0 Å². The van der Waals surface area contributed by atoms with Gasteiger partial charge in [-0.15, -0.1) is 0 Å². The third kappa shape index (κ3) is 4.42. The molecule has 0 saturated heterocycles. The molecular weight excluding hydrogens is 379 g/mol. The van der Waals surface area contributed by atoms with Crippen molar-refractivity contribution in [3.63, 3.8) is 0 Å². The Morgan fingerprint density at radius 2 is 1.57 bits per heavy atom. The highest BCUT2D eigenvalue weighted by atomic mass is 32.2. The Balaban J connectivity index is 2.46. The average molecular weight is 407 g/mol. The van der Waals surface area contributed by atoms with Crippen molar-refractivity contribution in [2.75, 3.05) is 18.4 Å². The number of nitrogens with one attached hydrogen (secondary N) is 1. The molecule has 0 unspecified atom stereocenters. The molecule has 0 fully saturated rings. The molecule has 0 aliphatic rings. The Bertz CT molecular complexity index is 932. The van der Waals surface area contributed by atoms with Crippen LogP contribution in [-0.4, -0.2) is 31.7 Å². The first kappa shape index (κ1) is 22.0. The fraction of sp³-hybridized carbons (Fsp3) is 0.381. The molecule has 1 amide bonds. The van der Waals surface area contributed by atoms with Crippen molar-refractivity contribution in [3.05, 3.63) is 58.9 Å². The van der Waals surface area contributed by atoms with Gasteiger partial charge in [0.15, 0.2) is 0 Å². The van der Waals surface area contributed by atoms with Gasteiger partial charge in [0, 0.05) is 18.8 Å². The lowest BCUT2D eigenvalue weighted by atomic mass is 10.0. The Hall–Kier alpha value is -2.25. The topological polar surface area (TPSA) is 66.5 Å². The van der Waals surface area contributed by atoms with Crippen LogP contribution in [0, 0.1) is 5.82 Å². The molecule has 2 rings (SSSR count). The van der Waals surface area contributed by atoms with Crippen LogP contribution in [0.3, 0.4) is 0 Å². The predicted octanol–water partition coefficient (Wildman–Crippen LogP) is 4.23. The highest BCUT2D eigenvalue weighted by molar-refractivity contribution is 7.89. The van der Waals surface area contributed by atoms with Gasteiger partial charge in [0.1, 0.15) is 5.82 Å². The predicted molar refractivity (Wildman–Crippen MR) is 110 cm³/mol. The minimum atomic E-state index is -3.79. The van der Waals surface area contributed by atoms with Crippen LogP contribution in [0.4, 0.5) is 10.1 Å². The van der Waals surface area contributed by atoms with E-state index in [2.05, 4.69) is 5.32 Å². The molecule has 0 radical (unpaired) electrons. The zero-order chi connectivity index (χ0) is 20.9. The number of amides is 1. The van der Waals surface area contributed by atoms with Crippen LogP contribution in [0.1, 0.15) is 49.2 Å². The molecule has 0 heterocycles. The molecule has 7 heteroatoms. The van der Waals surface area contributed by atoms with E-state index in [9.17, 15) is 17.6 Å². The summed E-state index contributed by atoms with van der Waals surface area (Å²) in [6.45, 7) is 7.99. The zero-order valence-corrected chi connectivity index (χ0v) is 17.6. The number of hydrogen-bond donors (Lipinski definition) is 1. The normalized spacial score (nSPS) is 11.6. The van der Waals surface area contributed by atoms with Crippen molar-refractivity contribution in [1.82, 2.24) is 4.31 Å². The number of carbonyl (C=O) groups excluding carboxylic acids is 1. The van der Waals surface area contributed by atoms with Crippen molar-refractivity contribution in [1.29, 1.82) is 0 Å². The van der Waals surface area contributed by atoms with Crippen LogP contribution < -0.4 is 5.32 Å². The number of sulfonamides is 1. The minimum absolute atomic E-state index is 0.0951. The third-order valence-corrected chi connectivity index (χ3v) is 6.81. The molecule has 0 atom stereocenters. The second-order valence-corrected chi connectivity index (χ2v) is 8.28. The fourth-order valence-electron chi connectivity index (χ4n) is 3.14. The van der Waals surface area contributed by atoms with Gasteiger partial charge in [0.25, 0.3) is 5.91 Å². The smallest absolute Gasteiger partial charge is 0.258 e. The maximum atomic E-state index is 14.4. The van der Waals surface area contributed by atoms with Gasteiger partial charge >= 0.3 is 0 Å². The van der Waals surface area contributed by atoms with Crippen molar-refractivity contribution >= 4 is 21.6 Å². The van der Waals surface area contributed by atoms with Crippen LogP contribution >= 0.6 is 0 Å². The maximum absolute atomic E-state index is 14.4. The van der Waals surface area contributed by atoms with Gasteiger partial charge in [-0.1, -0.05) is 45.9 Å². The number of nitrogens with zero attached hydrogens (tertiary/aromatic N) is 1. The average Bonchev–Trinajstić information content (AvgIpc) is 2.68. The van der Waals surface area contributed by atoms with Gasteiger partial charge < -0.3 is 5.32 Å². The van der Waals surface area contributed by atoms with Gasteiger partial charge in [0.2, 0.25) is 10.0 Å². The van der Waals surface area contributed by atoms with E-state index in [4.69, 9.17) is 0 Å². The van der Waals surface area contributed by atoms with E-state index < -0.39 is 21.7 Å². The Labute approximate surface area is 166 Å². The highest BCUT2D eigenvalue weighted by Gasteiger charge is 2.24. The van der Waals surface area contributed by atoms with E-state index in [0.717, 1.165) is 23.3 Å².